The topological polar surface area (TPSA) is 22.1 Å². The quantitative estimate of drug-likeness (QED) is 0.764. The smallest absolute Gasteiger partial charge is 0.213 e. The lowest BCUT2D eigenvalue weighted by Crippen LogP contribution is -1.96. The van der Waals surface area contributed by atoms with Gasteiger partial charge in [0.15, 0.2) is 0 Å². The highest BCUT2D eigenvalue weighted by atomic mass is 127. The Bertz CT molecular complexity index is 250. The number of rotatable bonds is 2. The second kappa shape index (κ2) is 3.90. The van der Waals surface area contributed by atoms with Crippen molar-refractivity contribution < 1.29 is 4.74 Å². The van der Waals surface area contributed by atoms with E-state index in [1.54, 1.807) is 0 Å². The third-order valence-corrected chi connectivity index (χ3v) is 2.43. The van der Waals surface area contributed by atoms with Crippen molar-refractivity contribution in [1.82, 2.24) is 4.98 Å². The Morgan fingerprint density at radius 3 is 2.82 bits per heavy atom. The summed E-state index contributed by atoms with van der Waals surface area (Å²) in [4.78, 5) is 4.23. The van der Waals surface area contributed by atoms with E-state index < -0.39 is 0 Å². The van der Waals surface area contributed by atoms with Gasteiger partial charge >= 0.3 is 0 Å². The first-order valence-electron chi connectivity index (χ1n) is 3.50. The van der Waals surface area contributed by atoms with Crippen molar-refractivity contribution in [3.05, 3.63) is 21.4 Å². The molecule has 0 radical (unpaired) electrons. The molecule has 1 rings (SSSR count). The van der Waals surface area contributed by atoms with Crippen LogP contribution >= 0.6 is 22.6 Å². The lowest BCUT2D eigenvalue weighted by molar-refractivity contribution is 0.326. The van der Waals surface area contributed by atoms with Crippen LogP contribution in [0.2, 0.25) is 0 Å². The van der Waals surface area contributed by atoms with Crippen molar-refractivity contribution in [3.63, 3.8) is 0 Å². The van der Waals surface area contributed by atoms with Crippen LogP contribution in [0.1, 0.15) is 12.6 Å². The summed E-state index contributed by atoms with van der Waals surface area (Å²) < 4.78 is 6.40. The molecule has 2 nitrogen and oxygen atoms in total. The fraction of sp³-hybridized carbons (Fsp3) is 0.375. The number of halogens is 1. The molecular formula is C8H10INO. The van der Waals surface area contributed by atoms with Crippen molar-refractivity contribution in [2.45, 2.75) is 13.8 Å². The zero-order valence-corrected chi connectivity index (χ0v) is 8.75. The molecule has 0 aliphatic carbocycles. The fourth-order valence-electron chi connectivity index (χ4n) is 0.749. The lowest BCUT2D eigenvalue weighted by atomic mass is 10.4. The van der Waals surface area contributed by atoms with Gasteiger partial charge in [0, 0.05) is 9.64 Å². The number of aromatic nitrogens is 1. The average Bonchev–Trinajstić information content (AvgIpc) is 1.98. The zero-order valence-electron chi connectivity index (χ0n) is 6.60. The van der Waals surface area contributed by atoms with Crippen LogP contribution in [0.4, 0.5) is 0 Å². The highest BCUT2D eigenvalue weighted by molar-refractivity contribution is 14.1. The van der Waals surface area contributed by atoms with Crippen LogP contribution in [0.3, 0.4) is 0 Å². The molecule has 0 spiro atoms. The fourth-order valence-corrected chi connectivity index (χ4v) is 1.05. The van der Waals surface area contributed by atoms with E-state index in [-0.39, 0.29) is 0 Å². The minimum Gasteiger partial charge on any atom is -0.478 e. The van der Waals surface area contributed by atoms with Crippen LogP contribution in [0.25, 0.3) is 0 Å². The van der Waals surface area contributed by atoms with Crippen molar-refractivity contribution in [2.75, 3.05) is 6.61 Å². The summed E-state index contributed by atoms with van der Waals surface area (Å²) in [7, 11) is 0. The van der Waals surface area contributed by atoms with Crippen molar-refractivity contribution in [1.29, 1.82) is 0 Å². The summed E-state index contributed by atoms with van der Waals surface area (Å²) in [6, 6.07) is 3.90. The van der Waals surface area contributed by atoms with Gasteiger partial charge in [0.2, 0.25) is 5.88 Å². The molecule has 1 aromatic rings. The number of nitrogens with zero attached hydrogens (tertiary/aromatic N) is 1. The third-order valence-electron chi connectivity index (χ3n) is 1.29. The molecule has 11 heavy (non-hydrogen) atoms. The molecule has 3 heteroatoms. The van der Waals surface area contributed by atoms with E-state index >= 15 is 0 Å². The molecule has 0 unspecified atom stereocenters. The van der Waals surface area contributed by atoms with Gasteiger partial charge in [-0.25, -0.2) is 4.98 Å². The van der Waals surface area contributed by atoms with Gasteiger partial charge in [-0.1, -0.05) is 0 Å². The molecule has 60 valence electrons. The summed E-state index contributed by atoms with van der Waals surface area (Å²) in [5, 5.41) is 0. The lowest BCUT2D eigenvalue weighted by Gasteiger charge is -2.02. The Kier molecular flexibility index (Phi) is 3.11. The summed E-state index contributed by atoms with van der Waals surface area (Å²) in [5.74, 6) is 0.713. The monoisotopic (exact) mass is 263 g/mol. The highest BCUT2D eigenvalue weighted by Gasteiger charge is 1.97. The molecule has 0 aromatic carbocycles. The van der Waals surface area contributed by atoms with Crippen LogP contribution < -0.4 is 4.74 Å². The summed E-state index contributed by atoms with van der Waals surface area (Å²) in [6.45, 7) is 4.60. The van der Waals surface area contributed by atoms with E-state index in [9.17, 15) is 0 Å². The maximum atomic E-state index is 5.23. The zero-order chi connectivity index (χ0) is 8.27. The molecule has 0 aliphatic heterocycles. The first-order chi connectivity index (χ1) is 5.24. The Morgan fingerprint density at radius 2 is 2.27 bits per heavy atom. The predicted octanol–water partition coefficient (Wildman–Crippen LogP) is 2.39. The number of ether oxygens (including phenoxy) is 1. The first-order valence-corrected chi connectivity index (χ1v) is 4.58. The largest absolute Gasteiger partial charge is 0.478 e. The summed E-state index contributed by atoms with van der Waals surface area (Å²) >= 11 is 2.25. The molecule has 1 aromatic heterocycles. The van der Waals surface area contributed by atoms with Crippen LogP contribution in [-0.2, 0) is 0 Å². The molecule has 0 saturated carbocycles. The first kappa shape index (κ1) is 8.77. The average molecular weight is 263 g/mol. The van der Waals surface area contributed by atoms with E-state index in [4.69, 9.17) is 4.74 Å². The molecule has 0 aliphatic rings. The number of aryl methyl sites for hydroxylation is 1. The Labute approximate surface area is 80.1 Å². The summed E-state index contributed by atoms with van der Waals surface area (Å²) in [5.41, 5.74) is 1.02. The van der Waals surface area contributed by atoms with Crippen LogP contribution in [0.5, 0.6) is 5.88 Å². The molecule has 0 atom stereocenters. The normalized spacial score (nSPS) is 9.73. The molecule has 0 amide bonds. The van der Waals surface area contributed by atoms with Gasteiger partial charge in [-0.05, 0) is 42.5 Å². The van der Waals surface area contributed by atoms with Gasteiger partial charge in [-0.3, -0.25) is 0 Å². The minimum absolute atomic E-state index is 0.674. The van der Waals surface area contributed by atoms with E-state index in [1.165, 1.54) is 3.57 Å². The Balaban J connectivity index is 2.86. The Morgan fingerprint density at radius 1 is 1.55 bits per heavy atom. The molecule has 0 saturated heterocycles. The van der Waals surface area contributed by atoms with E-state index in [1.807, 2.05) is 26.0 Å². The van der Waals surface area contributed by atoms with Gasteiger partial charge in [0.1, 0.15) is 0 Å². The van der Waals surface area contributed by atoms with E-state index in [2.05, 4.69) is 27.6 Å². The van der Waals surface area contributed by atoms with Gasteiger partial charge in [0.25, 0.3) is 0 Å². The van der Waals surface area contributed by atoms with Gasteiger partial charge < -0.3 is 4.74 Å². The second-order valence-corrected chi connectivity index (χ2v) is 3.31. The van der Waals surface area contributed by atoms with Crippen molar-refractivity contribution in [3.8, 4) is 5.88 Å². The number of pyridine rings is 1. The third kappa shape index (κ3) is 2.32. The number of hydrogen-bond acceptors (Lipinski definition) is 2. The molecule has 1 heterocycles. The maximum Gasteiger partial charge on any atom is 0.213 e. The number of hydrogen-bond donors (Lipinski definition) is 0. The molecule has 0 fully saturated rings. The minimum atomic E-state index is 0.674. The van der Waals surface area contributed by atoms with Gasteiger partial charge in [-0.2, -0.15) is 0 Å². The van der Waals surface area contributed by atoms with Gasteiger partial charge in [0.05, 0.1) is 12.3 Å². The van der Waals surface area contributed by atoms with Gasteiger partial charge in [-0.15, -0.1) is 0 Å². The molecule has 0 bridgehead atoms. The van der Waals surface area contributed by atoms with Crippen molar-refractivity contribution in [2.24, 2.45) is 0 Å². The Hall–Kier alpha value is -0.320. The summed E-state index contributed by atoms with van der Waals surface area (Å²) in [6.07, 6.45) is 0. The molecule has 0 N–H and O–H groups in total. The standard InChI is InChI=1S/C8H10INO/c1-3-11-8-5-4-7(9)6(2)10-8/h4-5H,3H2,1-2H3. The second-order valence-electron chi connectivity index (χ2n) is 2.15. The van der Waals surface area contributed by atoms with Crippen LogP contribution in [0.15, 0.2) is 12.1 Å². The van der Waals surface area contributed by atoms with Crippen LogP contribution in [-0.4, -0.2) is 11.6 Å². The highest BCUT2D eigenvalue weighted by Crippen LogP contribution is 2.13. The predicted molar refractivity (Wildman–Crippen MR) is 52.9 cm³/mol. The van der Waals surface area contributed by atoms with Crippen molar-refractivity contribution >= 4 is 22.6 Å². The maximum absolute atomic E-state index is 5.23. The SMILES string of the molecule is CCOc1ccc(I)c(C)n1. The van der Waals surface area contributed by atoms with E-state index in [0.717, 1.165) is 5.69 Å². The van der Waals surface area contributed by atoms with E-state index in [0.29, 0.717) is 12.5 Å². The van der Waals surface area contributed by atoms with Crippen LogP contribution in [0, 0.1) is 10.5 Å². The molecular weight excluding hydrogens is 253 g/mol.